The van der Waals surface area contributed by atoms with Gasteiger partial charge in [-0.3, -0.25) is 0 Å². The van der Waals surface area contributed by atoms with Gasteiger partial charge < -0.3 is 5.73 Å². The molecule has 0 fully saturated rings. The Kier molecular flexibility index (Phi) is 2.59. The number of nitrogen functional groups attached to an aromatic ring is 1. The van der Waals surface area contributed by atoms with E-state index in [9.17, 15) is 22.0 Å². The fraction of sp³-hybridized carbons (Fsp3) is 0.286. The number of pyridine rings is 1. The smallest absolute Gasteiger partial charge is 0.383 e. The predicted molar refractivity (Wildman–Crippen MR) is 38.6 cm³/mol. The van der Waals surface area contributed by atoms with Crippen molar-refractivity contribution in [3.63, 3.8) is 0 Å². The lowest BCUT2D eigenvalue weighted by atomic mass is 10.1. The molecule has 0 aliphatic carbocycles. The summed E-state index contributed by atoms with van der Waals surface area (Å²) in [5.74, 6) is -0.796. The number of anilines is 1. The Balaban J connectivity index is 3.36. The maximum Gasteiger partial charge on any atom is 0.417 e. The molecule has 14 heavy (non-hydrogen) atoms. The van der Waals surface area contributed by atoms with Gasteiger partial charge in [0.15, 0.2) is 0 Å². The lowest BCUT2D eigenvalue weighted by Gasteiger charge is -2.12. The Hall–Kier alpha value is -1.40. The summed E-state index contributed by atoms with van der Waals surface area (Å²) in [6, 6.07) is 0.470. The van der Waals surface area contributed by atoms with Crippen molar-refractivity contribution in [2.45, 2.75) is 12.6 Å². The van der Waals surface area contributed by atoms with Crippen molar-refractivity contribution in [1.29, 1.82) is 0 Å². The van der Waals surface area contributed by atoms with Gasteiger partial charge in [-0.05, 0) is 6.07 Å². The summed E-state index contributed by atoms with van der Waals surface area (Å²) in [6.45, 7) is 0. The summed E-state index contributed by atoms with van der Waals surface area (Å²) in [5, 5.41) is 0. The van der Waals surface area contributed by atoms with E-state index in [0.717, 1.165) is 6.20 Å². The third-order valence-corrected chi connectivity index (χ3v) is 1.54. The normalized spacial score (nSPS) is 12.1. The quantitative estimate of drug-likeness (QED) is 0.726. The van der Waals surface area contributed by atoms with Gasteiger partial charge in [-0.2, -0.15) is 13.2 Å². The van der Waals surface area contributed by atoms with Gasteiger partial charge in [0.1, 0.15) is 5.82 Å². The standard InChI is InChI=1S/C7H5F5N2/c8-5(9)4-3(7(10,11)12)1-2-14-6(4)13/h1-2,5H,(H2,13,14). The first-order valence-corrected chi connectivity index (χ1v) is 3.43. The van der Waals surface area contributed by atoms with E-state index in [0.29, 0.717) is 6.07 Å². The highest BCUT2D eigenvalue weighted by Crippen LogP contribution is 2.37. The van der Waals surface area contributed by atoms with E-state index in [1.54, 1.807) is 0 Å². The van der Waals surface area contributed by atoms with Crippen LogP contribution in [0, 0.1) is 0 Å². The summed E-state index contributed by atoms with van der Waals surface area (Å²) in [7, 11) is 0. The second-order valence-corrected chi connectivity index (χ2v) is 2.46. The van der Waals surface area contributed by atoms with Crippen molar-refractivity contribution in [3.05, 3.63) is 23.4 Å². The summed E-state index contributed by atoms with van der Waals surface area (Å²) in [4.78, 5) is 3.17. The molecular formula is C7H5F5N2. The Morgan fingerprint density at radius 2 is 1.86 bits per heavy atom. The van der Waals surface area contributed by atoms with Gasteiger partial charge in [0.2, 0.25) is 0 Å². The molecule has 1 heterocycles. The highest BCUT2D eigenvalue weighted by atomic mass is 19.4. The predicted octanol–water partition coefficient (Wildman–Crippen LogP) is 2.62. The van der Waals surface area contributed by atoms with Crippen LogP contribution in [0.4, 0.5) is 27.8 Å². The molecule has 1 aromatic rings. The van der Waals surface area contributed by atoms with Crippen molar-refractivity contribution in [3.8, 4) is 0 Å². The first-order valence-electron chi connectivity index (χ1n) is 3.43. The number of hydrogen-bond acceptors (Lipinski definition) is 2. The molecule has 0 aliphatic heterocycles. The first kappa shape index (κ1) is 10.7. The second kappa shape index (κ2) is 3.39. The van der Waals surface area contributed by atoms with Crippen LogP contribution in [0.5, 0.6) is 0 Å². The molecule has 0 aromatic carbocycles. The largest absolute Gasteiger partial charge is 0.417 e. The van der Waals surface area contributed by atoms with Crippen molar-refractivity contribution >= 4 is 5.82 Å². The summed E-state index contributed by atoms with van der Waals surface area (Å²) in [5.41, 5.74) is 2.22. The number of aromatic nitrogens is 1. The Morgan fingerprint density at radius 3 is 2.21 bits per heavy atom. The molecule has 1 aromatic heterocycles. The highest BCUT2D eigenvalue weighted by Gasteiger charge is 2.37. The van der Waals surface area contributed by atoms with Gasteiger partial charge >= 0.3 is 6.18 Å². The fourth-order valence-corrected chi connectivity index (χ4v) is 0.966. The van der Waals surface area contributed by atoms with E-state index in [4.69, 9.17) is 5.73 Å². The van der Waals surface area contributed by atoms with Crippen LogP contribution in [0.3, 0.4) is 0 Å². The molecule has 0 atom stereocenters. The van der Waals surface area contributed by atoms with Crippen molar-refractivity contribution in [2.75, 3.05) is 5.73 Å². The van der Waals surface area contributed by atoms with Crippen LogP contribution < -0.4 is 5.73 Å². The van der Waals surface area contributed by atoms with E-state index in [2.05, 4.69) is 4.98 Å². The van der Waals surface area contributed by atoms with Crippen LogP contribution in [0.15, 0.2) is 12.3 Å². The van der Waals surface area contributed by atoms with E-state index in [-0.39, 0.29) is 0 Å². The maximum absolute atomic E-state index is 12.2. The SMILES string of the molecule is Nc1nccc(C(F)(F)F)c1C(F)F. The lowest BCUT2D eigenvalue weighted by molar-refractivity contribution is -0.139. The maximum atomic E-state index is 12.2. The molecule has 2 N–H and O–H groups in total. The number of hydrogen-bond donors (Lipinski definition) is 1. The summed E-state index contributed by atoms with van der Waals surface area (Å²) < 4.78 is 60.9. The van der Waals surface area contributed by atoms with Crippen LogP contribution in [0.2, 0.25) is 0 Å². The monoisotopic (exact) mass is 212 g/mol. The number of rotatable bonds is 1. The Morgan fingerprint density at radius 1 is 1.29 bits per heavy atom. The van der Waals surface area contributed by atoms with Gasteiger partial charge in [-0.25, -0.2) is 13.8 Å². The van der Waals surface area contributed by atoms with E-state index in [1.807, 2.05) is 0 Å². The minimum Gasteiger partial charge on any atom is -0.383 e. The molecule has 0 radical (unpaired) electrons. The number of alkyl halides is 5. The van der Waals surface area contributed by atoms with Gasteiger partial charge in [0, 0.05) is 6.20 Å². The van der Waals surface area contributed by atoms with Crippen LogP contribution in [0.1, 0.15) is 17.6 Å². The molecule has 1 rings (SSSR count). The summed E-state index contributed by atoms with van der Waals surface area (Å²) >= 11 is 0. The molecule has 0 spiro atoms. The Bertz CT molecular complexity index is 333. The van der Waals surface area contributed by atoms with Gasteiger partial charge in [-0.1, -0.05) is 0 Å². The fourth-order valence-electron chi connectivity index (χ4n) is 0.966. The van der Waals surface area contributed by atoms with E-state index < -0.39 is 29.5 Å². The zero-order valence-electron chi connectivity index (χ0n) is 6.65. The molecule has 78 valence electrons. The van der Waals surface area contributed by atoms with Crippen LogP contribution in [-0.4, -0.2) is 4.98 Å². The zero-order valence-corrected chi connectivity index (χ0v) is 6.65. The molecule has 0 aliphatic rings. The molecule has 0 unspecified atom stereocenters. The molecule has 0 bridgehead atoms. The van der Waals surface area contributed by atoms with Gasteiger partial charge in [-0.15, -0.1) is 0 Å². The number of nitrogens with two attached hydrogens (primary N) is 1. The van der Waals surface area contributed by atoms with Crippen molar-refractivity contribution < 1.29 is 22.0 Å². The molecule has 2 nitrogen and oxygen atoms in total. The van der Waals surface area contributed by atoms with E-state index >= 15 is 0 Å². The van der Waals surface area contributed by atoms with Gasteiger partial charge in [0.05, 0.1) is 11.1 Å². The Labute approximate surface area is 75.5 Å². The first-order chi connectivity index (χ1) is 6.34. The highest BCUT2D eigenvalue weighted by molar-refractivity contribution is 5.46. The summed E-state index contributed by atoms with van der Waals surface area (Å²) in [6.07, 6.45) is -7.40. The molecule has 7 heteroatoms. The van der Waals surface area contributed by atoms with Crippen LogP contribution >= 0.6 is 0 Å². The topological polar surface area (TPSA) is 38.9 Å². The van der Waals surface area contributed by atoms with Crippen LogP contribution in [0.25, 0.3) is 0 Å². The molecule has 0 saturated carbocycles. The van der Waals surface area contributed by atoms with E-state index in [1.165, 1.54) is 0 Å². The second-order valence-electron chi connectivity index (χ2n) is 2.46. The minimum absolute atomic E-state index is 0.470. The molecule has 0 amide bonds. The van der Waals surface area contributed by atoms with Crippen molar-refractivity contribution in [1.82, 2.24) is 4.98 Å². The third kappa shape index (κ3) is 1.91. The lowest BCUT2D eigenvalue weighted by Crippen LogP contribution is -2.12. The average Bonchev–Trinajstić information content (AvgIpc) is 2.01. The zero-order chi connectivity index (χ0) is 10.9. The number of halogens is 5. The average molecular weight is 212 g/mol. The molecular weight excluding hydrogens is 207 g/mol. The van der Waals surface area contributed by atoms with Crippen molar-refractivity contribution in [2.24, 2.45) is 0 Å². The van der Waals surface area contributed by atoms with Gasteiger partial charge in [0.25, 0.3) is 6.43 Å². The molecule has 0 saturated heterocycles. The third-order valence-electron chi connectivity index (χ3n) is 1.54. The minimum atomic E-state index is -4.84. The van der Waals surface area contributed by atoms with Crippen LogP contribution in [-0.2, 0) is 6.18 Å². The number of nitrogens with zero attached hydrogens (tertiary/aromatic N) is 1.